The van der Waals surface area contributed by atoms with E-state index in [9.17, 15) is 4.79 Å². The van der Waals surface area contributed by atoms with Crippen molar-refractivity contribution in [2.24, 2.45) is 0 Å². The molecule has 0 aliphatic carbocycles. The Kier molecular flexibility index (Phi) is 4.39. The number of hydrogen-bond donors (Lipinski definition) is 1. The molecular formula is C14H18N2O3. The van der Waals surface area contributed by atoms with Gasteiger partial charge in [0.2, 0.25) is 0 Å². The Morgan fingerprint density at radius 2 is 2.21 bits per heavy atom. The molecule has 0 aliphatic heterocycles. The van der Waals surface area contributed by atoms with Gasteiger partial charge in [0.1, 0.15) is 5.52 Å². The molecule has 19 heavy (non-hydrogen) atoms. The number of anilines is 1. The minimum atomic E-state index is -0.172. The molecule has 0 saturated heterocycles. The van der Waals surface area contributed by atoms with Gasteiger partial charge in [0, 0.05) is 13.0 Å². The second-order valence-corrected chi connectivity index (χ2v) is 4.56. The molecule has 0 radical (unpaired) electrons. The van der Waals surface area contributed by atoms with Gasteiger partial charge in [-0.25, -0.2) is 0 Å². The summed E-state index contributed by atoms with van der Waals surface area (Å²) in [6, 6.07) is 8.06. The van der Waals surface area contributed by atoms with Crippen LogP contribution in [0.3, 0.4) is 0 Å². The average molecular weight is 262 g/mol. The summed E-state index contributed by atoms with van der Waals surface area (Å²) in [7, 11) is 0. The lowest BCUT2D eigenvalue weighted by molar-refractivity contribution is -0.147. The fourth-order valence-corrected chi connectivity index (χ4v) is 1.70. The summed E-state index contributed by atoms with van der Waals surface area (Å²) >= 11 is 0. The second-order valence-electron chi connectivity index (χ2n) is 4.56. The molecule has 5 nitrogen and oxygen atoms in total. The molecule has 0 amide bonds. The van der Waals surface area contributed by atoms with Crippen molar-refractivity contribution in [3.63, 3.8) is 0 Å². The predicted octanol–water partition coefficient (Wildman–Crippen LogP) is 2.97. The van der Waals surface area contributed by atoms with Crippen LogP contribution in [-0.2, 0) is 9.53 Å². The first-order chi connectivity index (χ1) is 9.15. The fourth-order valence-electron chi connectivity index (χ4n) is 1.70. The maximum Gasteiger partial charge on any atom is 0.306 e. The third kappa shape index (κ3) is 3.98. The van der Waals surface area contributed by atoms with Crippen LogP contribution < -0.4 is 5.32 Å². The van der Waals surface area contributed by atoms with Crippen molar-refractivity contribution in [3.8, 4) is 0 Å². The molecular weight excluding hydrogens is 244 g/mol. The number of ether oxygens (including phenoxy) is 1. The summed E-state index contributed by atoms with van der Waals surface area (Å²) in [5.41, 5.74) is 1.58. The van der Waals surface area contributed by atoms with Crippen molar-refractivity contribution in [1.29, 1.82) is 0 Å². The van der Waals surface area contributed by atoms with Gasteiger partial charge in [-0.2, -0.15) is 4.98 Å². The largest absolute Gasteiger partial charge is 0.463 e. The molecule has 0 atom stereocenters. The number of carbonyl (C=O) groups is 1. The number of para-hydroxylation sites is 2. The molecule has 102 valence electrons. The number of aromatic nitrogens is 1. The van der Waals surface area contributed by atoms with Crippen molar-refractivity contribution in [3.05, 3.63) is 24.3 Å². The van der Waals surface area contributed by atoms with Gasteiger partial charge in [0.15, 0.2) is 5.58 Å². The van der Waals surface area contributed by atoms with Crippen molar-refractivity contribution in [2.45, 2.75) is 32.8 Å². The lowest BCUT2D eigenvalue weighted by atomic mass is 10.3. The minimum absolute atomic E-state index is 0.0579. The van der Waals surface area contributed by atoms with Crippen molar-refractivity contribution in [2.75, 3.05) is 11.9 Å². The first-order valence-corrected chi connectivity index (χ1v) is 6.44. The lowest BCUT2D eigenvalue weighted by Crippen LogP contribution is -2.12. The molecule has 1 aromatic carbocycles. The van der Waals surface area contributed by atoms with Gasteiger partial charge >= 0.3 is 5.97 Å². The molecule has 0 bridgehead atoms. The first-order valence-electron chi connectivity index (χ1n) is 6.44. The second kappa shape index (κ2) is 6.22. The van der Waals surface area contributed by atoms with Gasteiger partial charge in [-0.3, -0.25) is 4.79 Å². The molecule has 0 saturated carbocycles. The van der Waals surface area contributed by atoms with E-state index in [2.05, 4.69) is 10.3 Å². The first kappa shape index (κ1) is 13.4. The van der Waals surface area contributed by atoms with Crippen molar-refractivity contribution < 1.29 is 13.9 Å². The summed E-state index contributed by atoms with van der Waals surface area (Å²) in [4.78, 5) is 15.6. The summed E-state index contributed by atoms with van der Waals surface area (Å²) in [5.74, 6) is -0.172. The highest BCUT2D eigenvalue weighted by Crippen LogP contribution is 2.17. The molecule has 2 aromatic rings. The average Bonchev–Trinajstić information content (AvgIpc) is 2.76. The lowest BCUT2D eigenvalue weighted by Gasteiger charge is -2.07. The number of rotatable bonds is 6. The van der Waals surface area contributed by atoms with Crippen molar-refractivity contribution >= 4 is 23.1 Å². The Bertz CT molecular complexity index is 515. The van der Waals surface area contributed by atoms with Crippen LogP contribution in [-0.4, -0.2) is 23.6 Å². The third-order valence-corrected chi connectivity index (χ3v) is 2.49. The van der Waals surface area contributed by atoms with E-state index in [-0.39, 0.29) is 12.1 Å². The number of fused-ring (bicyclic) bond motifs is 1. The molecule has 0 spiro atoms. The van der Waals surface area contributed by atoms with E-state index in [0.29, 0.717) is 25.4 Å². The highest BCUT2D eigenvalue weighted by Gasteiger charge is 2.06. The summed E-state index contributed by atoms with van der Waals surface area (Å²) in [6.45, 7) is 4.31. The van der Waals surface area contributed by atoms with Crippen LogP contribution in [0.25, 0.3) is 11.1 Å². The molecule has 2 rings (SSSR count). The monoisotopic (exact) mass is 262 g/mol. The number of nitrogens with one attached hydrogen (secondary N) is 1. The van der Waals surface area contributed by atoms with E-state index in [1.165, 1.54) is 0 Å². The van der Waals surface area contributed by atoms with Crippen LogP contribution in [0, 0.1) is 0 Å². The van der Waals surface area contributed by atoms with E-state index < -0.39 is 0 Å². The van der Waals surface area contributed by atoms with Crippen LogP contribution in [0.5, 0.6) is 0 Å². The van der Waals surface area contributed by atoms with Crippen molar-refractivity contribution in [1.82, 2.24) is 4.98 Å². The van der Waals surface area contributed by atoms with Gasteiger partial charge in [0.25, 0.3) is 6.01 Å². The Hall–Kier alpha value is -2.04. The van der Waals surface area contributed by atoms with Gasteiger partial charge in [-0.15, -0.1) is 0 Å². The standard InChI is InChI=1S/C14H18N2O3/c1-10(2)18-13(17)8-5-9-15-14-16-11-6-3-4-7-12(11)19-14/h3-4,6-7,10H,5,8-9H2,1-2H3,(H,15,16). The van der Waals surface area contributed by atoms with Crippen LogP contribution >= 0.6 is 0 Å². The van der Waals surface area contributed by atoms with E-state index >= 15 is 0 Å². The molecule has 1 N–H and O–H groups in total. The normalized spacial score (nSPS) is 10.9. The Balaban J connectivity index is 1.75. The number of oxazole rings is 1. The zero-order valence-electron chi connectivity index (χ0n) is 11.2. The Labute approximate surface area is 112 Å². The highest BCUT2D eigenvalue weighted by atomic mass is 16.5. The summed E-state index contributed by atoms with van der Waals surface area (Å²) in [5, 5.41) is 3.06. The van der Waals surface area contributed by atoms with E-state index in [1.54, 1.807) is 0 Å². The zero-order valence-corrected chi connectivity index (χ0v) is 11.2. The van der Waals surface area contributed by atoms with Gasteiger partial charge in [0.05, 0.1) is 6.10 Å². The zero-order chi connectivity index (χ0) is 13.7. The van der Waals surface area contributed by atoms with Gasteiger partial charge in [-0.1, -0.05) is 12.1 Å². The molecule has 1 aromatic heterocycles. The number of carbonyl (C=O) groups excluding carboxylic acids is 1. The summed E-state index contributed by atoms with van der Waals surface area (Å²) in [6.07, 6.45) is 1.02. The third-order valence-electron chi connectivity index (χ3n) is 2.49. The molecule has 1 heterocycles. The Morgan fingerprint density at radius 3 is 2.95 bits per heavy atom. The highest BCUT2D eigenvalue weighted by molar-refractivity contribution is 5.74. The number of esters is 1. The van der Waals surface area contributed by atoms with E-state index in [1.807, 2.05) is 38.1 Å². The molecule has 0 unspecified atom stereocenters. The van der Waals surface area contributed by atoms with Gasteiger partial charge < -0.3 is 14.5 Å². The maximum atomic E-state index is 11.3. The SMILES string of the molecule is CC(C)OC(=O)CCCNc1nc2ccccc2o1. The fraction of sp³-hybridized carbons (Fsp3) is 0.429. The predicted molar refractivity (Wildman–Crippen MR) is 73.0 cm³/mol. The molecule has 0 aliphatic rings. The Morgan fingerprint density at radius 1 is 1.42 bits per heavy atom. The quantitative estimate of drug-likeness (QED) is 0.640. The molecule has 0 fully saturated rings. The van der Waals surface area contributed by atoms with Crippen LogP contribution in [0.4, 0.5) is 6.01 Å². The van der Waals surface area contributed by atoms with E-state index in [0.717, 1.165) is 11.1 Å². The minimum Gasteiger partial charge on any atom is -0.463 e. The van der Waals surface area contributed by atoms with Crippen LogP contribution in [0.1, 0.15) is 26.7 Å². The number of nitrogens with zero attached hydrogens (tertiary/aromatic N) is 1. The van der Waals surface area contributed by atoms with E-state index in [4.69, 9.17) is 9.15 Å². The molecule has 5 heteroatoms. The topological polar surface area (TPSA) is 64.4 Å². The van der Waals surface area contributed by atoms with Crippen LogP contribution in [0.15, 0.2) is 28.7 Å². The summed E-state index contributed by atoms with van der Waals surface area (Å²) < 4.78 is 10.5. The maximum absolute atomic E-state index is 11.3. The number of hydrogen-bond acceptors (Lipinski definition) is 5. The van der Waals surface area contributed by atoms with Crippen LogP contribution in [0.2, 0.25) is 0 Å². The van der Waals surface area contributed by atoms with Gasteiger partial charge in [-0.05, 0) is 32.4 Å². The number of benzene rings is 1. The smallest absolute Gasteiger partial charge is 0.306 e.